The summed E-state index contributed by atoms with van der Waals surface area (Å²) in [6.45, 7) is 6.16. The SMILES string of the molecule is CC/C=C/C=C/C=C/C=C/C=C/CCCC(=O)OCC(COC(=O)CCCCCCCC/C=C/C/C=C/C/C=C/CC)OC(=O)CCCCCCCC/C=C/C/C=C/C/C=C/CC. The number of ether oxygens (including phenoxy) is 3. The van der Waals surface area contributed by atoms with Crippen LogP contribution in [0.3, 0.4) is 0 Å². The van der Waals surface area contributed by atoms with Crippen LogP contribution >= 0.6 is 0 Å². The molecule has 0 amide bonds. The lowest BCUT2D eigenvalue weighted by Gasteiger charge is -2.18. The van der Waals surface area contributed by atoms with Gasteiger partial charge in [0.05, 0.1) is 0 Å². The van der Waals surface area contributed by atoms with Crippen molar-refractivity contribution in [3.8, 4) is 0 Å². The molecule has 1 unspecified atom stereocenters. The molecule has 0 rings (SSSR count). The first-order chi connectivity index (χ1) is 31.0. The van der Waals surface area contributed by atoms with E-state index < -0.39 is 6.10 Å². The van der Waals surface area contributed by atoms with Gasteiger partial charge in [-0.2, -0.15) is 0 Å². The van der Waals surface area contributed by atoms with E-state index in [4.69, 9.17) is 14.2 Å². The second-order valence-electron chi connectivity index (χ2n) is 15.7. The molecule has 0 aliphatic rings. The van der Waals surface area contributed by atoms with Gasteiger partial charge in [0.25, 0.3) is 0 Å². The van der Waals surface area contributed by atoms with Gasteiger partial charge >= 0.3 is 17.9 Å². The quantitative estimate of drug-likeness (QED) is 0.0200. The smallest absolute Gasteiger partial charge is 0.306 e. The fourth-order valence-electron chi connectivity index (χ4n) is 6.15. The van der Waals surface area contributed by atoms with Crippen molar-refractivity contribution in [2.75, 3.05) is 13.2 Å². The van der Waals surface area contributed by atoms with Gasteiger partial charge in [-0.15, -0.1) is 0 Å². The van der Waals surface area contributed by atoms with E-state index >= 15 is 0 Å². The Morgan fingerprint density at radius 1 is 0.333 bits per heavy atom. The summed E-state index contributed by atoms with van der Waals surface area (Å²) in [5, 5.41) is 0. The van der Waals surface area contributed by atoms with E-state index in [9.17, 15) is 14.4 Å². The van der Waals surface area contributed by atoms with Crippen LogP contribution in [0.4, 0.5) is 0 Å². The third-order valence-corrected chi connectivity index (χ3v) is 9.76. The average Bonchev–Trinajstić information content (AvgIpc) is 3.28. The first-order valence-electron chi connectivity index (χ1n) is 24.8. The lowest BCUT2D eigenvalue weighted by molar-refractivity contribution is -0.167. The first kappa shape index (κ1) is 58.6. The molecular formula is C57H88O6. The molecule has 0 aliphatic carbocycles. The number of carbonyl (C=O) groups is 3. The van der Waals surface area contributed by atoms with E-state index in [-0.39, 0.29) is 44.0 Å². The lowest BCUT2D eigenvalue weighted by atomic mass is 10.1. The molecule has 6 nitrogen and oxygen atoms in total. The Morgan fingerprint density at radius 2 is 0.667 bits per heavy atom. The molecule has 0 radical (unpaired) electrons. The van der Waals surface area contributed by atoms with Gasteiger partial charge in [0.1, 0.15) is 13.2 Å². The zero-order valence-electron chi connectivity index (χ0n) is 40.0. The Hall–Kier alpha value is -4.45. The topological polar surface area (TPSA) is 78.9 Å². The molecule has 0 fully saturated rings. The number of hydrogen-bond donors (Lipinski definition) is 0. The Balaban J connectivity index is 4.55. The lowest BCUT2D eigenvalue weighted by Crippen LogP contribution is -2.30. The first-order valence-corrected chi connectivity index (χ1v) is 24.8. The molecule has 63 heavy (non-hydrogen) atoms. The third kappa shape index (κ3) is 48.4. The van der Waals surface area contributed by atoms with Crippen molar-refractivity contribution >= 4 is 17.9 Å². The van der Waals surface area contributed by atoms with Gasteiger partial charge in [-0.25, -0.2) is 0 Å². The van der Waals surface area contributed by atoms with Crippen molar-refractivity contribution < 1.29 is 28.6 Å². The molecule has 0 aromatic rings. The summed E-state index contributed by atoms with van der Waals surface area (Å²) in [5.74, 6) is -1.03. The highest BCUT2D eigenvalue weighted by Gasteiger charge is 2.19. The minimum atomic E-state index is -0.824. The molecule has 1 atom stereocenters. The van der Waals surface area contributed by atoms with Crippen LogP contribution in [-0.2, 0) is 28.6 Å². The number of hydrogen-bond acceptors (Lipinski definition) is 6. The number of allylic oxidation sites excluding steroid dienone is 22. The summed E-state index contributed by atoms with van der Waals surface area (Å²) < 4.78 is 16.7. The summed E-state index contributed by atoms with van der Waals surface area (Å²) in [4.78, 5) is 37.9. The molecule has 0 saturated heterocycles. The Bertz CT molecular complexity index is 1420. The highest BCUT2D eigenvalue weighted by Crippen LogP contribution is 2.13. The predicted octanol–water partition coefficient (Wildman–Crippen LogP) is 16.3. The van der Waals surface area contributed by atoms with Gasteiger partial charge in [0.2, 0.25) is 0 Å². The van der Waals surface area contributed by atoms with Gasteiger partial charge in [-0.05, 0) is 96.3 Å². The molecular weight excluding hydrogens is 781 g/mol. The minimum absolute atomic E-state index is 0.118. The largest absolute Gasteiger partial charge is 0.462 e. The molecule has 0 N–H and O–H groups in total. The molecule has 0 saturated carbocycles. The van der Waals surface area contributed by atoms with Gasteiger partial charge in [0.15, 0.2) is 6.10 Å². The van der Waals surface area contributed by atoms with Crippen molar-refractivity contribution in [2.45, 2.75) is 194 Å². The summed E-state index contributed by atoms with van der Waals surface area (Å²) in [5.41, 5.74) is 0. The van der Waals surface area contributed by atoms with E-state index in [1.165, 1.54) is 25.7 Å². The van der Waals surface area contributed by atoms with Crippen LogP contribution in [0.1, 0.15) is 188 Å². The van der Waals surface area contributed by atoms with Crippen molar-refractivity contribution in [3.63, 3.8) is 0 Å². The number of esters is 3. The van der Waals surface area contributed by atoms with Crippen LogP contribution < -0.4 is 0 Å². The zero-order chi connectivity index (χ0) is 45.8. The van der Waals surface area contributed by atoms with Gasteiger partial charge in [-0.1, -0.05) is 206 Å². The number of unbranched alkanes of at least 4 members (excludes halogenated alkanes) is 13. The van der Waals surface area contributed by atoms with Crippen LogP contribution in [0.15, 0.2) is 134 Å². The average molecular weight is 869 g/mol. The second-order valence-corrected chi connectivity index (χ2v) is 15.7. The summed E-state index contributed by atoms with van der Waals surface area (Å²) in [6, 6.07) is 0. The van der Waals surface area contributed by atoms with Crippen molar-refractivity contribution in [2.24, 2.45) is 0 Å². The maximum Gasteiger partial charge on any atom is 0.306 e. The Labute approximate surface area is 385 Å². The maximum absolute atomic E-state index is 12.8. The van der Waals surface area contributed by atoms with E-state index in [1.54, 1.807) is 0 Å². The molecule has 0 heterocycles. The number of rotatable bonds is 42. The van der Waals surface area contributed by atoms with Crippen molar-refractivity contribution in [3.05, 3.63) is 134 Å². The maximum atomic E-state index is 12.8. The van der Waals surface area contributed by atoms with Crippen LogP contribution in [0.25, 0.3) is 0 Å². The van der Waals surface area contributed by atoms with Crippen LogP contribution in [0.2, 0.25) is 0 Å². The van der Waals surface area contributed by atoms with E-state index in [0.29, 0.717) is 12.8 Å². The van der Waals surface area contributed by atoms with Crippen LogP contribution in [-0.4, -0.2) is 37.2 Å². The normalized spacial score (nSPS) is 13.3. The van der Waals surface area contributed by atoms with Crippen LogP contribution in [0.5, 0.6) is 0 Å². The summed E-state index contributed by atoms with van der Waals surface area (Å²) >= 11 is 0. The number of carbonyl (C=O) groups excluding carboxylic acids is 3. The monoisotopic (exact) mass is 869 g/mol. The zero-order valence-corrected chi connectivity index (χ0v) is 40.0. The molecule has 352 valence electrons. The van der Waals surface area contributed by atoms with Crippen molar-refractivity contribution in [1.29, 1.82) is 0 Å². The molecule has 0 aromatic heterocycles. The molecule has 0 aliphatic heterocycles. The summed E-state index contributed by atoms with van der Waals surface area (Å²) in [7, 11) is 0. The molecule has 0 aromatic carbocycles. The highest BCUT2D eigenvalue weighted by molar-refractivity contribution is 5.71. The van der Waals surface area contributed by atoms with Crippen LogP contribution in [0, 0.1) is 0 Å². The van der Waals surface area contributed by atoms with Gasteiger partial charge < -0.3 is 14.2 Å². The van der Waals surface area contributed by atoms with Gasteiger partial charge in [0, 0.05) is 19.3 Å². The third-order valence-electron chi connectivity index (χ3n) is 9.76. The fraction of sp³-hybridized carbons (Fsp3) is 0.561. The molecule has 0 spiro atoms. The highest BCUT2D eigenvalue weighted by atomic mass is 16.6. The Kier molecular flexibility index (Phi) is 46.7. The van der Waals surface area contributed by atoms with Crippen molar-refractivity contribution in [1.82, 2.24) is 0 Å². The molecule has 6 heteroatoms. The Morgan fingerprint density at radius 3 is 1.13 bits per heavy atom. The predicted molar refractivity (Wildman–Crippen MR) is 269 cm³/mol. The fourth-order valence-corrected chi connectivity index (χ4v) is 6.15. The standard InChI is InChI=1S/C57H88O6/c1-4-7-10-13-16-19-22-25-27-29-32-35-38-41-44-47-50-56(59)62-53-54(52-61-55(58)49-46-43-40-37-34-31-24-21-18-15-12-9-6-3)63-57(60)51-48-45-42-39-36-33-30-28-26-23-20-17-14-11-8-5-2/h7-12,15-21,24-28,31,34,37,40,54H,4-6,13-14,22-23,29-30,32-33,35-36,38-39,41-53H2,1-3H3/b10-7+,11-8+,12-9+,18-15+,19-16+,20-17+,24-21+,27-25+,28-26+,34-31+,40-37+. The van der Waals surface area contributed by atoms with Gasteiger partial charge in [-0.3, -0.25) is 14.4 Å². The van der Waals surface area contributed by atoms with E-state index in [2.05, 4.69) is 99.8 Å². The minimum Gasteiger partial charge on any atom is -0.462 e. The molecule has 0 bridgehead atoms. The summed E-state index contributed by atoms with van der Waals surface area (Å²) in [6.07, 6.45) is 70.1. The van der Waals surface area contributed by atoms with E-state index in [1.807, 2.05) is 54.7 Å². The second kappa shape index (κ2) is 50.2. The van der Waals surface area contributed by atoms with E-state index in [0.717, 1.165) is 116 Å².